The average molecular weight is 424 g/mol. The molecule has 0 aromatic heterocycles. The zero-order valence-corrected chi connectivity index (χ0v) is 19.3. The van der Waals surface area contributed by atoms with E-state index in [4.69, 9.17) is 9.47 Å². The molecule has 1 aromatic carbocycles. The van der Waals surface area contributed by atoms with Crippen LogP contribution in [0.4, 0.5) is 4.79 Å². The Hall–Kier alpha value is -2.09. The van der Waals surface area contributed by atoms with Gasteiger partial charge in [0.05, 0.1) is 19.5 Å². The van der Waals surface area contributed by atoms with Crippen LogP contribution in [0.25, 0.3) is 0 Å². The predicted octanol–water partition coefficient (Wildman–Crippen LogP) is 3.50. The first-order valence-electron chi connectivity index (χ1n) is 9.78. The number of carbonyl (C=O) groups is 2. The van der Waals surface area contributed by atoms with Gasteiger partial charge in [-0.2, -0.15) is 0 Å². The van der Waals surface area contributed by atoms with Crippen molar-refractivity contribution < 1.29 is 19.1 Å². The standard InChI is InChI=1S/C21H33N3O4S/c1-14-18(25)24(12-8-11-23(5)20(26)22-21(2,3)4)19(29-14)16-13-15(27-6)9-10-17(16)28-7/h9-10,13-14,19H,8,11-12H2,1-7H3,(H,22,26)/t14-,19+/m0/s1. The molecule has 1 N–H and O–H groups in total. The molecule has 1 aliphatic rings. The number of carbonyl (C=O) groups excluding carboxylic acids is 2. The van der Waals surface area contributed by atoms with E-state index in [1.165, 1.54) is 0 Å². The van der Waals surface area contributed by atoms with Gasteiger partial charge in [-0.25, -0.2) is 4.79 Å². The summed E-state index contributed by atoms with van der Waals surface area (Å²) in [5.41, 5.74) is 0.643. The third-order valence-electron chi connectivity index (χ3n) is 4.67. The van der Waals surface area contributed by atoms with E-state index in [-0.39, 0.29) is 28.1 Å². The first-order valence-corrected chi connectivity index (χ1v) is 10.7. The van der Waals surface area contributed by atoms with Crippen molar-refractivity contribution in [3.8, 4) is 11.5 Å². The predicted molar refractivity (Wildman–Crippen MR) is 117 cm³/mol. The molecule has 0 saturated carbocycles. The molecular weight excluding hydrogens is 390 g/mol. The Bertz CT molecular complexity index is 735. The lowest BCUT2D eigenvalue weighted by Gasteiger charge is -2.28. The maximum atomic E-state index is 12.8. The fraction of sp³-hybridized carbons (Fsp3) is 0.619. The van der Waals surface area contributed by atoms with E-state index in [0.717, 1.165) is 17.1 Å². The van der Waals surface area contributed by atoms with Crippen LogP contribution in [0.5, 0.6) is 11.5 Å². The van der Waals surface area contributed by atoms with Gasteiger partial charge in [0.1, 0.15) is 16.9 Å². The van der Waals surface area contributed by atoms with Crippen LogP contribution in [0.15, 0.2) is 18.2 Å². The Kier molecular flexibility index (Phi) is 7.68. The van der Waals surface area contributed by atoms with Gasteiger partial charge in [-0.05, 0) is 52.3 Å². The minimum Gasteiger partial charge on any atom is -0.497 e. The van der Waals surface area contributed by atoms with E-state index in [2.05, 4.69) is 5.32 Å². The van der Waals surface area contributed by atoms with Gasteiger partial charge < -0.3 is 24.6 Å². The maximum Gasteiger partial charge on any atom is 0.317 e. The van der Waals surface area contributed by atoms with Gasteiger partial charge in [0, 0.05) is 31.2 Å². The molecule has 1 fully saturated rings. The van der Waals surface area contributed by atoms with Crippen molar-refractivity contribution in [1.82, 2.24) is 15.1 Å². The topological polar surface area (TPSA) is 71.1 Å². The first kappa shape index (κ1) is 23.2. The van der Waals surface area contributed by atoms with Crippen molar-refractivity contribution in [1.29, 1.82) is 0 Å². The van der Waals surface area contributed by atoms with Gasteiger partial charge >= 0.3 is 6.03 Å². The number of urea groups is 1. The summed E-state index contributed by atoms with van der Waals surface area (Å²) in [5, 5.41) is 2.68. The first-order chi connectivity index (χ1) is 13.6. The SMILES string of the molecule is COc1ccc(OC)c([C@H]2S[C@@H](C)C(=O)N2CCCN(C)C(=O)NC(C)(C)C)c1. The number of nitrogens with one attached hydrogen (secondary N) is 1. The molecule has 7 nitrogen and oxygen atoms in total. The summed E-state index contributed by atoms with van der Waals surface area (Å²) in [6, 6.07) is 5.53. The van der Waals surface area contributed by atoms with Gasteiger partial charge in [-0.3, -0.25) is 4.79 Å². The van der Waals surface area contributed by atoms with Crippen LogP contribution >= 0.6 is 11.8 Å². The second-order valence-electron chi connectivity index (χ2n) is 8.23. The van der Waals surface area contributed by atoms with Crippen molar-refractivity contribution in [3.05, 3.63) is 23.8 Å². The number of nitrogens with zero attached hydrogens (tertiary/aromatic N) is 2. The van der Waals surface area contributed by atoms with E-state index in [1.54, 1.807) is 37.9 Å². The van der Waals surface area contributed by atoms with E-state index < -0.39 is 0 Å². The third-order valence-corrected chi connectivity index (χ3v) is 6.05. The van der Waals surface area contributed by atoms with Crippen LogP contribution < -0.4 is 14.8 Å². The molecule has 1 aromatic rings. The van der Waals surface area contributed by atoms with Crippen LogP contribution in [0.3, 0.4) is 0 Å². The van der Waals surface area contributed by atoms with Gasteiger partial charge in [0.2, 0.25) is 5.91 Å². The molecule has 0 radical (unpaired) electrons. The molecule has 1 aliphatic heterocycles. The van der Waals surface area contributed by atoms with Crippen LogP contribution in [0.1, 0.15) is 45.1 Å². The van der Waals surface area contributed by atoms with Crippen molar-refractivity contribution in [2.24, 2.45) is 0 Å². The Labute approximate surface area is 178 Å². The molecule has 0 unspecified atom stereocenters. The molecule has 2 rings (SSSR count). The molecule has 0 aliphatic carbocycles. The number of amides is 3. The van der Waals surface area contributed by atoms with Gasteiger partial charge in [0.25, 0.3) is 0 Å². The Balaban J connectivity index is 2.08. The monoisotopic (exact) mass is 423 g/mol. The van der Waals surface area contributed by atoms with Crippen LogP contribution in [-0.4, -0.2) is 66.9 Å². The third kappa shape index (κ3) is 5.95. The highest BCUT2D eigenvalue weighted by atomic mass is 32.2. The van der Waals surface area contributed by atoms with E-state index in [9.17, 15) is 9.59 Å². The number of benzene rings is 1. The fourth-order valence-corrected chi connectivity index (χ4v) is 4.50. The molecule has 162 valence electrons. The number of thioether (sulfide) groups is 1. The number of ether oxygens (including phenoxy) is 2. The highest BCUT2D eigenvalue weighted by molar-refractivity contribution is 8.01. The summed E-state index contributed by atoms with van der Waals surface area (Å²) in [6.45, 7) is 8.90. The lowest BCUT2D eigenvalue weighted by Crippen LogP contribution is -2.47. The van der Waals surface area contributed by atoms with Crippen molar-refractivity contribution in [2.75, 3.05) is 34.4 Å². The van der Waals surface area contributed by atoms with E-state index in [0.29, 0.717) is 19.5 Å². The number of rotatable bonds is 7. The zero-order valence-electron chi connectivity index (χ0n) is 18.4. The van der Waals surface area contributed by atoms with Gasteiger partial charge in [-0.1, -0.05) is 0 Å². The van der Waals surface area contributed by atoms with Gasteiger partial charge in [0.15, 0.2) is 0 Å². The molecule has 0 spiro atoms. The Morgan fingerprint density at radius 2 is 1.97 bits per heavy atom. The fourth-order valence-electron chi connectivity index (χ4n) is 3.17. The second-order valence-corrected chi connectivity index (χ2v) is 9.65. The molecule has 8 heteroatoms. The lowest BCUT2D eigenvalue weighted by atomic mass is 10.1. The highest BCUT2D eigenvalue weighted by Gasteiger charge is 2.39. The minimum absolute atomic E-state index is 0.103. The quantitative estimate of drug-likeness (QED) is 0.727. The van der Waals surface area contributed by atoms with E-state index in [1.807, 2.05) is 50.8 Å². The highest BCUT2D eigenvalue weighted by Crippen LogP contribution is 2.46. The Morgan fingerprint density at radius 1 is 1.28 bits per heavy atom. The lowest BCUT2D eigenvalue weighted by molar-refractivity contribution is -0.129. The summed E-state index contributed by atoms with van der Waals surface area (Å²) in [5.74, 6) is 1.57. The van der Waals surface area contributed by atoms with Crippen LogP contribution in [-0.2, 0) is 4.79 Å². The summed E-state index contributed by atoms with van der Waals surface area (Å²) in [4.78, 5) is 28.6. The Morgan fingerprint density at radius 3 is 2.55 bits per heavy atom. The largest absolute Gasteiger partial charge is 0.497 e. The minimum atomic E-state index is -0.281. The normalized spacial score (nSPS) is 19.3. The van der Waals surface area contributed by atoms with Crippen LogP contribution in [0, 0.1) is 0 Å². The summed E-state index contributed by atoms with van der Waals surface area (Å²) in [7, 11) is 5.02. The summed E-state index contributed by atoms with van der Waals surface area (Å²) >= 11 is 1.60. The molecule has 1 heterocycles. The van der Waals surface area contributed by atoms with Crippen LogP contribution in [0.2, 0.25) is 0 Å². The number of hydrogen-bond donors (Lipinski definition) is 1. The van der Waals surface area contributed by atoms with Crippen molar-refractivity contribution >= 4 is 23.7 Å². The molecule has 0 bridgehead atoms. The van der Waals surface area contributed by atoms with Crippen molar-refractivity contribution in [3.63, 3.8) is 0 Å². The van der Waals surface area contributed by atoms with E-state index >= 15 is 0 Å². The molecule has 2 atom stereocenters. The molecule has 29 heavy (non-hydrogen) atoms. The smallest absolute Gasteiger partial charge is 0.317 e. The van der Waals surface area contributed by atoms with Gasteiger partial charge in [-0.15, -0.1) is 11.8 Å². The summed E-state index contributed by atoms with van der Waals surface area (Å²) in [6.07, 6.45) is 0.690. The zero-order chi connectivity index (χ0) is 21.8. The molecule has 3 amide bonds. The summed E-state index contributed by atoms with van der Waals surface area (Å²) < 4.78 is 10.9. The molecular formula is C21H33N3O4S. The second kappa shape index (κ2) is 9.61. The molecule has 1 saturated heterocycles. The number of hydrogen-bond acceptors (Lipinski definition) is 5. The van der Waals surface area contributed by atoms with Crippen molar-refractivity contribution in [2.45, 2.75) is 50.3 Å². The average Bonchev–Trinajstić information content (AvgIpc) is 2.94. The maximum absolute atomic E-state index is 12.8. The number of methoxy groups -OCH3 is 2.